The van der Waals surface area contributed by atoms with Crippen molar-refractivity contribution < 1.29 is 8.42 Å². The molecule has 2 rings (SSSR count). The molecule has 1 saturated heterocycles. The molecular weight excluding hydrogens is 280 g/mol. The Bertz CT molecular complexity index is 543. The molecule has 0 bridgehead atoms. The number of hydrogen-bond donors (Lipinski definition) is 1. The van der Waals surface area contributed by atoms with Crippen LogP contribution in [0, 0.1) is 11.3 Å². The minimum absolute atomic E-state index is 0.148. The van der Waals surface area contributed by atoms with E-state index in [9.17, 15) is 8.42 Å². The van der Waals surface area contributed by atoms with Gasteiger partial charge in [0.1, 0.15) is 0 Å². The van der Waals surface area contributed by atoms with Gasteiger partial charge in [-0.2, -0.15) is 4.31 Å². The molecule has 1 aromatic heterocycles. The number of sulfonamides is 1. The number of hydrogen-bond acceptors (Lipinski definition) is 4. The monoisotopic (exact) mass is 302 g/mol. The van der Waals surface area contributed by atoms with Crippen molar-refractivity contribution in [2.45, 2.75) is 38.6 Å². The van der Waals surface area contributed by atoms with Crippen LogP contribution >= 0.6 is 11.3 Å². The van der Waals surface area contributed by atoms with Crippen LogP contribution in [0.1, 0.15) is 32.1 Å². The van der Waals surface area contributed by atoms with Gasteiger partial charge in [0, 0.05) is 24.5 Å². The summed E-state index contributed by atoms with van der Waals surface area (Å²) in [5, 5.41) is 1.80. The van der Waals surface area contributed by atoms with Crippen molar-refractivity contribution in [3.8, 4) is 0 Å². The van der Waals surface area contributed by atoms with Crippen LogP contribution < -0.4 is 5.73 Å². The molecule has 1 unspecified atom stereocenters. The van der Waals surface area contributed by atoms with Crippen LogP contribution in [0.2, 0.25) is 0 Å². The number of thiophene rings is 1. The molecule has 2 heterocycles. The van der Waals surface area contributed by atoms with Gasteiger partial charge in [0.05, 0.1) is 4.90 Å². The molecule has 2 N–H and O–H groups in total. The highest BCUT2D eigenvalue weighted by atomic mass is 32.2. The molecule has 1 fully saturated rings. The molecule has 0 spiro atoms. The summed E-state index contributed by atoms with van der Waals surface area (Å²) in [5.74, 6) is 0.419. The van der Waals surface area contributed by atoms with E-state index < -0.39 is 10.0 Å². The fourth-order valence-electron chi connectivity index (χ4n) is 2.50. The molecule has 1 aromatic rings. The molecule has 0 aromatic carbocycles. The highest BCUT2D eigenvalue weighted by molar-refractivity contribution is 7.89. The highest BCUT2D eigenvalue weighted by Crippen LogP contribution is 2.36. The Kier molecular flexibility index (Phi) is 4.07. The van der Waals surface area contributed by atoms with Gasteiger partial charge in [0.25, 0.3) is 0 Å². The first-order valence-electron chi connectivity index (χ1n) is 6.53. The maximum absolute atomic E-state index is 12.6. The standard InChI is InChI=1S/C13H22N2O2S2/c1-13(2,3)10-4-6-15(9-10)19(16,17)12-5-7-18-11(12)8-14/h5,7,10H,4,6,8-9,14H2,1-3H3. The average Bonchev–Trinajstić information content (AvgIpc) is 2.97. The Hall–Kier alpha value is -0.430. The quantitative estimate of drug-likeness (QED) is 0.931. The zero-order chi connectivity index (χ0) is 14.3. The van der Waals surface area contributed by atoms with E-state index in [1.165, 1.54) is 11.3 Å². The number of rotatable bonds is 3. The Balaban J connectivity index is 2.23. The van der Waals surface area contributed by atoms with Crippen LogP contribution in [-0.2, 0) is 16.6 Å². The molecule has 1 aliphatic heterocycles. The highest BCUT2D eigenvalue weighted by Gasteiger charge is 2.38. The summed E-state index contributed by atoms with van der Waals surface area (Å²) in [6.45, 7) is 8.02. The SMILES string of the molecule is CC(C)(C)C1CCN(S(=O)(=O)c2ccsc2CN)C1. The third kappa shape index (κ3) is 2.86. The summed E-state index contributed by atoms with van der Waals surface area (Å²) in [7, 11) is -3.37. The first-order valence-corrected chi connectivity index (χ1v) is 8.85. The molecule has 108 valence electrons. The van der Waals surface area contributed by atoms with E-state index in [0.717, 1.165) is 11.3 Å². The van der Waals surface area contributed by atoms with Gasteiger partial charge < -0.3 is 5.73 Å². The predicted molar refractivity (Wildman–Crippen MR) is 78.5 cm³/mol. The lowest BCUT2D eigenvalue weighted by Gasteiger charge is -2.26. The molecular formula is C13H22N2O2S2. The average molecular weight is 302 g/mol. The molecule has 6 heteroatoms. The summed E-state index contributed by atoms with van der Waals surface area (Å²) in [5.41, 5.74) is 5.76. The van der Waals surface area contributed by atoms with Gasteiger partial charge in [-0.3, -0.25) is 0 Å². The van der Waals surface area contributed by atoms with Crippen LogP contribution in [0.3, 0.4) is 0 Å². The lowest BCUT2D eigenvalue weighted by molar-refractivity contribution is 0.252. The van der Waals surface area contributed by atoms with E-state index in [-0.39, 0.29) is 12.0 Å². The summed E-state index contributed by atoms with van der Waals surface area (Å²) < 4.78 is 26.9. The van der Waals surface area contributed by atoms with Gasteiger partial charge in [0.2, 0.25) is 10.0 Å². The normalized spacial score (nSPS) is 22.0. The van der Waals surface area contributed by atoms with Crippen molar-refractivity contribution >= 4 is 21.4 Å². The fourth-order valence-corrected chi connectivity index (χ4v) is 5.31. The minimum atomic E-state index is -3.37. The Morgan fingerprint density at radius 2 is 2.16 bits per heavy atom. The zero-order valence-corrected chi connectivity index (χ0v) is 13.4. The van der Waals surface area contributed by atoms with Gasteiger partial charge in [-0.25, -0.2) is 8.42 Å². The summed E-state index contributed by atoms with van der Waals surface area (Å²) >= 11 is 1.41. The lowest BCUT2D eigenvalue weighted by atomic mass is 9.80. The second kappa shape index (κ2) is 5.16. The van der Waals surface area contributed by atoms with Crippen molar-refractivity contribution in [1.82, 2.24) is 4.31 Å². The van der Waals surface area contributed by atoms with Crippen LogP contribution in [0.15, 0.2) is 16.3 Å². The van der Waals surface area contributed by atoms with E-state index >= 15 is 0 Å². The maximum atomic E-state index is 12.6. The Labute approximate surface area is 119 Å². The van der Waals surface area contributed by atoms with Crippen LogP contribution in [0.5, 0.6) is 0 Å². The molecule has 0 aliphatic carbocycles. The van der Waals surface area contributed by atoms with Crippen molar-refractivity contribution in [2.24, 2.45) is 17.1 Å². The smallest absolute Gasteiger partial charge is 0.244 e. The third-order valence-corrected chi connectivity index (χ3v) is 6.91. The van der Waals surface area contributed by atoms with Crippen molar-refractivity contribution in [1.29, 1.82) is 0 Å². The molecule has 0 radical (unpaired) electrons. The summed E-state index contributed by atoms with van der Waals surface area (Å²) in [6.07, 6.45) is 0.935. The molecule has 0 amide bonds. The third-order valence-electron chi connectivity index (χ3n) is 3.88. The van der Waals surface area contributed by atoms with Crippen LogP contribution in [0.4, 0.5) is 0 Å². The largest absolute Gasteiger partial charge is 0.326 e. The second-order valence-corrected chi connectivity index (χ2v) is 9.03. The van der Waals surface area contributed by atoms with Gasteiger partial charge >= 0.3 is 0 Å². The van der Waals surface area contributed by atoms with Crippen molar-refractivity contribution in [3.05, 3.63) is 16.3 Å². The van der Waals surface area contributed by atoms with Gasteiger partial charge in [-0.15, -0.1) is 11.3 Å². The second-order valence-electron chi connectivity index (χ2n) is 6.13. The van der Waals surface area contributed by atoms with E-state index in [1.807, 2.05) is 0 Å². The topological polar surface area (TPSA) is 63.4 Å². The molecule has 4 nitrogen and oxygen atoms in total. The van der Waals surface area contributed by atoms with Gasteiger partial charge in [-0.1, -0.05) is 20.8 Å². The first kappa shape index (κ1) is 15.0. The maximum Gasteiger partial charge on any atom is 0.244 e. The van der Waals surface area contributed by atoms with Crippen molar-refractivity contribution in [3.63, 3.8) is 0 Å². The van der Waals surface area contributed by atoms with E-state index in [4.69, 9.17) is 5.73 Å². The van der Waals surface area contributed by atoms with E-state index in [1.54, 1.807) is 15.8 Å². The molecule has 1 atom stereocenters. The van der Waals surface area contributed by atoms with Gasteiger partial charge in [-0.05, 0) is 29.2 Å². The molecule has 1 aliphatic rings. The van der Waals surface area contributed by atoms with Crippen LogP contribution in [0.25, 0.3) is 0 Å². The minimum Gasteiger partial charge on any atom is -0.326 e. The summed E-state index contributed by atoms with van der Waals surface area (Å²) in [4.78, 5) is 1.15. The van der Waals surface area contributed by atoms with E-state index in [0.29, 0.717) is 23.9 Å². The van der Waals surface area contributed by atoms with Crippen LogP contribution in [-0.4, -0.2) is 25.8 Å². The van der Waals surface area contributed by atoms with Gasteiger partial charge in [0.15, 0.2) is 0 Å². The predicted octanol–water partition coefficient (Wildman–Crippen LogP) is 2.26. The van der Waals surface area contributed by atoms with E-state index in [2.05, 4.69) is 20.8 Å². The fraction of sp³-hybridized carbons (Fsp3) is 0.692. The Morgan fingerprint density at radius 3 is 2.68 bits per heavy atom. The first-order chi connectivity index (χ1) is 8.76. The zero-order valence-electron chi connectivity index (χ0n) is 11.7. The summed E-state index contributed by atoms with van der Waals surface area (Å²) in [6, 6.07) is 1.67. The molecule has 19 heavy (non-hydrogen) atoms. The number of nitrogens with zero attached hydrogens (tertiary/aromatic N) is 1. The van der Waals surface area contributed by atoms with Crippen molar-refractivity contribution in [2.75, 3.05) is 13.1 Å². The Morgan fingerprint density at radius 1 is 1.47 bits per heavy atom. The molecule has 0 saturated carbocycles. The number of nitrogens with two attached hydrogens (primary N) is 1. The lowest BCUT2D eigenvalue weighted by Crippen LogP contribution is -2.31.